The molecule has 14 aromatic rings. The third-order valence-corrected chi connectivity index (χ3v) is 16.4. The lowest BCUT2D eigenvalue weighted by molar-refractivity contribution is 0.596. The molecule has 0 bridgehead atoms. The molecular weight excluding hydrogens is 877 g/mol. The maximum atomic E-state index is 15.3. The van der Waals surface area contributed by atoms with Gasteiger partial charge in [0.05, 0.1) is 88.1 Å². The van der Waals surface area contributed by atoms with E-state index < -0.39 is 15.3 Å². The van der Waals surface area contributed by atoms with Gasteiger partial charge in [-0.05, 0) is 126 Å². The number of aromatic nitrogens is 4. The Hall–Kier alpha value is -8.98. The van der Waals surface area contributed by atoms with Crippen LogP contribution in [0.2, 0.25) is 0 Å². The van der Waals surface area contributed by atoms with E-state index in [1.165, 1.54) is 12.1 Å². The summed E-state index contributed by atoms with van der Waals surface area (Å²) >= 11 is 0. The first-order valence-electron chi connectivity index (χ1n) is 22.8. The second-order valence-corrected chi connectivity index (χ2v) is 20.4. The number of para-hydroxylation sites is 7. The molecule has 0 radical (unpaired) electrons. The van der Waals surface area contributed by atoms with Gasteiger partial charge in [0.15, 0.2) is 22.3 Å². The van der Waals surface area contributed by atoms with E-state index in [1.807, 2.05) is 84.9 Å². The first-order chi connectivity index (χ1) is 33.7. The molecule has 0 amide bonds. The van der Waals surface area contributed by atoms with Crippen LogP contribution in [0.4, 0.5) is 17.1 Å². The number of nitriles is 1. The predicted molar refractivity (Wildman–Crippen MR) is 272 cm³/mol. The van der Waals surface area contributed by atoms with Crippen LogP contribution in [0.25, 0.3) is 88.7 Å². The van der Waals surface area contributed by atoms with E-state index in [1.54, 1.807) is 18.2 Å². The average Bonchev–Trinajstić information content (AvgIpc) is 3.39. The molecule has 1 aliphatic heterocycles. The summed E-state index contributed by atoms with van der Waals surface area (Å²) in [6, 6.07) is 61.6. The van der Waals surface area contributed by atoms with E-state index in [2.05, 4.69) is 109 Å². The molecule has 11 heteroatoms. The second-order valence-electron chi connectivity index (χ2n) is 18.5. The number of hydrogen-bond donors (Lipinski definition) is 0. The Morgan fingerprint density at radius 2 is 0.986 bits per heavy atom. The number of fused-ring (bicyclic) bond motifs is 8. The Kier molecular flexibility index (Phi) is 7.26. The van der Waals surface area contributed by atoms with Crippen molar-refractivity contribution in [1.82, 2.24) is 17.8 Å². The molecule has 6 heterocycles. The highest BCUT2D eigenvalue weighted by molar-refractivity contribution is 7.91. The van der Waals surface area contributed by atoms with Crippen LogP contribution in [-0.2, 0) is 15.3 Å². The number of nitrogens with zero attached hydrogens (tertiary/aromatic N) is 6. The van der Waals surface area contributed by atoms with Crippen molar-refractivity contribution in [3.63, 3.8) is 0 Å². The maximum absolute atomic E-state index is 15.3. The Balaban J connectivity index is 1.14. The summed E-state index contributed by atoms with van der Waals surface area (Å²) in [7, 11) is -4.19. The monoisotopic (exact) mass is 912 g/mol. The SMILES string of the molecule is CC1(C)c2ccccc2N(c2cc(-n3c4ccc5oc6ccccc6n6c7cccc8c7n(c4c56)c4c3ccc3oc5ccccc5n8c34)ccc2S(=O)(=O)c2ccc(C#N)cc2)c2ccccc21. The van der Waals surface area contributed by atoms with Crippen LogP contribution in [0.5, 0.6) is 0 Å². The van der Waals surface area contributed by atoms with Gasteiger partial charge in [-0.25, -0.2) is 8.42 Å². The van der Waals surface area contributed by atoms with E-state index >= 15 is 8.42 Å². The molecule has 5 aromatic heterocycles. The smallest absolute Gasteiger partial charge is 0.208 e. The molecule has 0 unspecified atom stereocenters. The molecule has 10 nitrogen and oxygen atoms in total. The summed E-state index contributed by atoms with van der Waals surface area (Å²) in [6.07, 6.45) is 0. The third-order valence-electron chi connectivity index (χ3n) is 14.6. The van der Waals surface area contributed by atoms with E-state index in [9.17, 15) is 5.26 Å². The van der Waals surface area contributed by atoms with E-state index in [0.717, 1.165) is 111 Å². The molecule has 0 aliphatic carbocycles. The number of hydrogen-bond acceptors (Lipinski definition) is 6. The molecule has 9 aromatic carbocycles. The van der Waals surface area contributed by atoms with Gasteiger partial charge in [0, 0.05) is 11.1 Å². The molecule has 1 aliphatic rings. The van der Waals surface area contributed by atoms with Gasteiger partial charge in [-0.3, -0.25) is 13.2 Å². The van der Waals surface area contributed by atoms with Crippen LogP contribution in [0.3, 0.4) is 0 Å². The molecule has 0 saturated carbocycles. The molecular formula is C58H36N6O4S. The molecule has 0 fully saturated rings. The van der Waals surface area contributed by atoms with Crippen molar-refractivity contribution in [2.45, 2.75) is 29.1 Å². The lowest BCUT2D eigenvalue weighted by atomic mass is 9.73. The first-order valence-corrected chi connectivity index (χ1v) is 24.3. The summed E-state index contributed by atoms with van der Waals surface area (Å²) in [5, 5.41) is 9.65. The van der Waals surface area contributed by atoms with Crippen molar-refractivity contribution >= 4 is 110 Å². The summed E-state index contributed by atoms with van der Waals surface area (Å²) in [5.41, 5.74) is 18.4. The van der Waals surface area contributed by atoms with E-state index in [0.29, 0.717) is 11.3 Å². The van der Waals surface area contributed by atoms with Gasteiger partial charge in [0.25, 0.3) is 0 Å². The van der Waals surface area contributed by atoms with Crippen molar-refractivity contribution in [2.24, 2.45) is 0 Å². The maximum Gasteiger partial charge on any atom is 0.208 e. The quantitative estimate of drug-likeness (QED) is 0.129. The summed E-state index contributed by atoms with van der Waals surface area (Å²) in [5.74, 6) is 0. The fraction of sp³-hybridized carbons (Fsp3) is 0.0517. The van der Waals surface area contributed by atoms with Crippen molar-refractivity contribution in [3.05, 3.63) is 199 Å². The largest absolute Gasteiger partial charge is 0.453 e. The van der Waals surface area contributed by atoms with Gasteiger partial charge in [0.1, 0.15) is 11.0 Å². The van der Waals surface area contributed by atoms with Gasteiger partial charge in [0.2, 0.25) is 9.84 Å². The number of rotatable bonds is 4. The van der Waals surface area contributed by atoms with Gasteiger partial charge >= 0.3 is 0 Å². The highest BCUT2D eigenvalue weighted by Gasteiger charge is 2.39. The topological polar surface area (TPSA) is 106 Å². The van der Waals surface area contributed by atoms with Crippen LogP contribution < -0.4 is 4.90 Å². The molecule has 69 heavy (non-hydrogen) atoms. The molecule has 0 atom stereocenters. The zero-order chi connectivity index (χ0) is 46.1. The molecule has 15 rings (SSSR count). The van der Waals surface area contributed by atoms with Crippen molar-refractivity contribution in [1.29, 1.82) is 5.26 Å². The average molecular weight is 913 g/mol. The summed E-state index contributed by atoms with van der Waals surface area (Å²) in [6.45, 7) is 4.44. The van der Waals surface area contributed by atoms with Gasteiger partial charge < -0.3 is 18.3 Å². The van der Waals surface area contributed by atoms with E-state index in [-0.39, 0.29) is 9.79 Å². The molecule has 328 valence electrons. The Bertz CT molecular complexity index is 4520. The number of sulfone groups is 1. The summed E-state index contributed by atoms with van der Waals surface area (Å²) in [4.78, 5) is 2.33. The Morgan fingerprint density at radius 3 is 1.55 bits per heavy atom. The first kappa shape index (κ1) is 38.2. The summed E-state index contributed by atoms with van der Waals surface area (Å²) < 4.78 is 53.5. The molecule has 0 spiro atoms. The van der Waals surface area contributed by atoms with Crippen LogP contribution in [0.1, 0.15) is 30.5 Å². The fourth-order valence-electron chi connectivity index (χ4n) is 11.6. The minimum atomic E-state index is -4.19. The standard InChI is InChI=1S/C58H36N6O4S/c1-58(2)37-12-3-5-14-39(37)61(40-15-6-4-13-38(40)58)47-32-35(24-31-52(47)69(65,66)36-25-22-34(33-59)23-26-36)60-45-27-29-50-56-54(45)64-53-43(62(56)41-16-7-9-20-48(41)67-50)18-11-19-44(53)63-42-17-8-10-21-49(42)68-51-30-28-46(60)55(64)57(51)63/h3-32H,1-2H3. The third kappa shape index (κ3) is 4.80. The normalized spacial score (nSPS) is 13.8. The zero-order valence-electron chi connectivity index (χ0n) is 37.0. The molecule has 0 N–H and O–H groups in total. The lowest BCUT2D eigenvalue weighted by Crippen LogP contribution is -2.31. The van der Waals surface area contributed by atoms with Crippen LogP contribution in [0, 0.1) is 11.3 Å². The van der Waals surface area contributed by atoms with Crippen LogP contribution >= 0.6 is 0 Å². The lowest BCUT2D eigenvalue weighted by Gasteiger charge is -2.42. The molecule has 0 saturated heterocycles. The van der Waals surface area contributed by atoms with Gasteiger partial charge in [-0.15, -0.1) is 0 Å². The van der Waals surface area contributed by atoms with Crippen LogP contribution in [0.15, 0.2) is 201 Å². The highest BCUT2D eigenvalue weighted by atomic mass is 32.2. The van der Waals surface area contributed by atoms with Crippen LogP contribution in [-0.4, -0.2) is 26.2 Å². The highest BCUT2D eigenvalue weighted by Crippen LogP contribution is 2.54. The van der Waals surface area contributed by atoms with Gasteiger partial charge in [-0.2, -0.15) is 5.26 Å². The van der Waals surface area contributed by atoms with Crippen molar-refractivity contribution in [3.8, 4) is 11.8 Å². The minimum absolute atomic E-state index is 0.0940. The Morgan fingerprint density at radius 1 is 0.464 bits per heavy atom. The van der Waals surface area contributed by atoms with Crippen molar-refractivity contribution in [2.75, 3.05) is 4.90 Å². The zero-order valence-corrected chi connectivity index (χ0v) is 37.9. The number of anilines is 3. The van der Waals surface area contributed by atoms with Gasteiger partial charge in [-0.1, -0.05) is 80.6 Å². The Labute approximate surface area is 392 Å². The number of benzene rings is 9. The second kappa shape index (κ2) is 13.1. The van der Waals surface area contributed by atoms with E-state index in [4.69, 9.17) is 8.83 Å². The van der Waals surface area contributed by atoms with Crippen molar-refractivity contribution < 1.29 is 17.3 Å². The predicted octanol–water partition coefficient (Wildman–Crippen LogP) is 14.2. The minimum Gasteiger partial charge on any atom is -0.453 e. The fourth-order valence-corrected chi connectivity index (χ4v) is 13.0.